The van der Waals surface area contributed by atoms with E-state index < -0.39 is 0 Å². The average Bonchev–Trinajstić information content (AvgIpc) is 2.79. The number of amides is 2. The summed E-state index contributed by atoms with van der Waals surface area (Å²) in [5.74, 6) is 0.353. The molecular formula is C20H28N2O3. The van der Waals surface area contributed by atoms with Gasteiger partial charge in [0.05, 0.1) is 12.0 Å². The fraction of sp³-hybridized carbons (Fsp3) is 0.600. The van der Waals surface area contributed by atoms with Crippen molar-refractivity contribution in [2.75, 3.05) is 39.9 Å². The van der Waals surface area contributed by atoms with Crippen LogP contribution in [0.1, 0.15) is 41.6 Å². The topological polar surface area (TPSA) is 49.9 Å². The molecule has 1 aromatic rings. The van der Waals surface area contributed by atoms with Crippen LogP contribution in [0.5, 0.6) is 0 Å². The van der Waals surface area contributed by atoms with E-state index in [1.807, 2.05) is 41.0 Å². The van der Waals surface area contributed by atoms with Gasteiger partial charge in [0.2, 0.25) is 5.91 Å². The van der Waals surface area contributed by atoms with Gasteiger partial charge in [-0.1, -0.05) is 18.2 Å². The molecule has 0 saturated carbocycles. The molecule has 2 fully saturated rings. The Morgan fingerprint density at radius 2 is 1.92 bits per heavy atom. The molecule has 2 amide bonds. The first-order valence-corrected chi connectivity index (χ1v) is 9.21. The van der Waals surface area contributed by atoms with Gasteiger partial charge < -0.3 is 14.5 Å². The zero-order chi connectivity index (χ0) is 17.9. The van der Waals surface area contributed by atoms with E-state index in [0.717, 1.165) is 49.9 Å². The maximum Gasteiger partial charge on any atom is 0.254 e. The number of nitrogens with zero attached hydrogens (tertiary/aromatic N) is 2. The first-order chi connectivity index (χ1) is 12.1. The summed E-state index contributed by atoms with van der Waals surface area (Å²) >= 11 is 0. The highest BCUT2D eigenvalue weighted by molar-refractivity contribution is 5.95. The van der Waals surface area contributed by atoms with Gasteiger partial charge in [-0.05, 0) is 44.2 Å². The fourth-order valence-electron chi connectivity index (χ4n) is 4.15. The van der Waals surface area contributed by atoms with Crippen molar-refractivity contribution < 1.29 is 14.3 Å². The summed E-state index contributed by atoms with van der Waals surface area (Å²) in [6.07, 6.45) is 3.45. The zero-order valence-electron chi connectivity index (χ0n) is 15.3. The number of carbonyl (C=O) groups excluding carboxylic acids is 2. The van der Waals surface area contributed by atoms with E-state index in [4.69, 9.17) is 4.74 Å². The highest BCUT2D eigenvalue weighted by Gasteiger charge is 2.47. The van der Waals surface area contributed by atoms with Crippen molar-refractivity contribution in [1.82, 2.24) is 9.80 Å². The van der Waals surface area contributed by atoms with Crippen LogP contribution in [0.4, 0.5) is 0 Å². The maximum atomic E-state index is 12.9. The molecule has 2 aliphatic heterocycles. The number of aryl methyl sites for hydroxylation is 1. The number of hydrogen-bond donors (Lipinski definition) is 0. The molecule has 5 heteroatoms. The fourth-order valence-corrected chi connectivity index (χ4v) is 4.15. The molecule has 2 aliphatic rings. The zero-order valence-corrected chi connectivity index (χ0v) is 15.3. The molecule has 0 radical (unpaired) electrons. The van der Waals surface area contributed by atoms with Gasteiger partial charge in [-0.15, -0.1) is 0 Å². The Morgan fingerprint density at radius 1 is 1.16 bits per heavy atom. The molecule has 3 rings (SSSR count). The predicted molar refractivity (Wildman–Crippen MR) is 96.4 cm³/mol. The smallest absolute Gasteiger partial charge is 0.254 e. The summed E-state index contributed by atoms with van der Waals surface area (Å²) < 4.78 is 5.11. The second-order valence-electron chi connectivity index (χ2n) is 7.28. The van der Waals surface area contributed by atoms with Crippen molar-refractivity contribution in [2.24, 2.45) is 5.41 Å². The van der Waals surface area contributed by atoms with E-state index in [1.54, 1.807) is 7.11 Å². The van der Waals surface area contributed by atoms with Gasteiger partial charge in [-0.3, -0.25) is 9.59 Å². The number of benzene rings is 1. The van der Waals surface area contributed by atoms with Crippen LogP contribution in [0.25, 0.3) is 0 Å². The number of likely N-dealkylation sites (tertiary alicyclic amines) is 2. The minimum atomic E-state index is -0.269. The normalized spacial score (nSPS) is 24.0. The molecular weight excluding hydrogens is 316 g/mol. The van der Waals surface area contributed by atoms with Gasteiger partial charge in [-0.2, -0.15) is 0 Å². The molecule has 5 nitrogen and oxygen atoms in total. The lowest BCUT2D eigenvalue weighted by atomic mass is 9.79. The Bertz CT molecular complexity index is 646. The summed E-state index contributed by atoms with van der Waals surface area (Å²) in [6.45, 7) is 5.44. The lowest BCUT2D eigenvalue weighted by Gasteiger charge is -2.27. The molecule has 2 saturated heterocycles. The monoisotopic (exact) mass is 344 g/mol. The van der Waals surface area contributed by atoms with Crippen molar-refractivity contribution >= 4 is 11.8 Å². The number of hydrogen-bond acceptors (Lipinski definition) is 3. The Labute approximate surface area is 149 Å². The van der Waals surface area contributed by atoms with E-state index >= 15 is 0 Å². The van der Waals surface area contributed by atoms with Crippen LogP contribution in [0.3, 0.4) is 0 Å². The van der Waals surface area contributed by atoms with Crippen LogP contribution in [0.15, 0.2) is 24.3 Å². The molecule has 1 unspecified atom stereocenters. The maximum absolute atomic E-state index is 12.9. The SMILES string of the molecule is COCCN1CCC2(CCCN(C(=O)c3ccccc3C)CC2)C1=O. The first-order valence-electron chi connectivity index (χ1n) is 9.21. The number of rotatable bonds is 4. The summed E-state index contributed by atoms with van der Waals surface area (Å²) in [4.78, 5) is 29.7. The minimum absolute atomic E-state index is 0.0943. The third-order valence-electron chi connectivity index (χ3n) is 5.77. The summed E-state index contributed by atoms with van der Waals surface area (Å²) in [7, 11) is 1.66. The summed E-state index contributed by atoms with van der Waals surface area (Å²) in [5.41, 5.74) is 1.51. The van der Waals surface area contributed by atoms with Crippen molar-refractivity contribution in [3.05, 3.63) is 35.4 Å². The second-order valence-corrected chi connectivity index (χ2v) is 7.28. The van der Waals surface area contributed by atoms with Crippen LogP contribution >= 0.6 is 0 Å². The van der Waals surface area contributed by atoms with Crippen LogP contribution in [0.2, 0.25) is 0 Å². The van der Waals surface area contributed by atoms with Gasteiger partial charge in [0.1, 0.15) is 0 Å². The molecule has 1 aromatic carbocycles. The Morgan fingerprint density at radius 3 is 2.68 bits per heavy atom. The van der Waals surface area contributed by atoms with Crippen molar-refractivity contribution in [3.8, 4) is 0 Å². The van der Waals surface area contributed by atoms with E-state index in [9.17, 15) is 9.59 Å². The molecule has 0 N–H and O–H groups in total. The Kier molecular flexibility index (Phi) is 5.42. The average molecular weight is 344 g/mol. The van der Waals surface area contributed by atoms with E-state index in [1.165, 1.54) is 0 Å². The quantitative estimate of drug-likeness (QED) is 0.843. The van der Waals surface area contributed by atoms with Gasteiger partial charge in [0.25, 0.3) is 5.91 Å². The van der Waals surface area contributed by atoms with Crippen LogP contribution in [0, 0.1) is 12.3 Å². The molecule has 2 heterocycles. The van der Waals surface area contributed by atoms with Gasteiger partial charge in [-0.25, -0.2) is 0 Å². The summed E-state index contributed by atoms with van der Waals surface area (Å²) in [6, 6.07) is 7.73. The van der Waals surface area contributed by atoms with Crippen LogP contribution in [-0.2, 0) is 9.53 Å². The van der Waals surface area contributed by atoms with Gasteiger partial charge in [0.15, 0.2) is 0 Å². The highest BCUT2D eigenvalue weighted by atomic mass is 16.5. The molecule has 136 valence electrons. The molecule has 0 bridgehead atoms. The van der Waals surface area contributed by atoms with E-state index in [0.29, 0.717) is 19.7 Å². The first kappa shape index (κ1) is 17.9. The molecule has 0 aliphatic carbocycles. The standard InChI is InChI=1S/C20H28N2O3/c1-16-6-3-4-7-17(16)18(23)21-11-5-8-20(9-12-21)10-13-22(19(20)24)14-15-25-2/h3-4,6-7H,5,8-15H2,1-2H3. The summed E-state index contributed by atoms with van der Waals surface area (Å²) in [5, 5.41) is 0. The number of carbonyl (C=O) groups is 2. The Balaban J connectivity index is 1.68. The van der Waals surface area contributed by atoms with Crippen molar-refractivity contribution in [3.63, 3.8) is 0 Å². The van der Waals surface area contributed by atoms with Gasteiger partial charge >= 0.3 is 0 Å². The number of methoxy groups -OCH3 is 1. The van der Waals surface area contributed by atoms with Crippen molar-refractivity contribution in [1.29, 1.82) is 0 Å². The lowest BCUT2D eigenvalue weighted by Crippen LogP contribution is -2.37. The third-order valence-corrected chi connectivity index (χ3v) is 5.77. The molecule has 0 aromatic heterocycles. The largest absolute Gasteiger partial charge is 0.383 e. The molecule has 1 atom stereocenters. The van der Waals surface area contributed by atoms with Crippen LogP contribution < -0.4 is 0 Å². The third kappa shape index (κ3) is 3.56. The van der Waals surface area contributed by atoms with Crippen LogP contribution in [-0.4, -0.2) is 61.5 Å². The van der Waals surface area contributed by atoms with E-state index in [2.05, 4.69) is 0 Å². The van der Waals surface area contributed by atoms with Gasteiger partial charge in [0, 0.05) is 38.9 Å². The highest BCUT2D eigenvalue weighted by Crippen LogP contribution is 2.41. The number of ether oxygens (including phenoxy) is 1. The predicted octanol–water partition coefficient (Wildman–Crippen LogP) is 2.49. The second kappa shape index (κ2) is 7.56. The van der Waals surface area contributed by atoms with E-state index in [-0.39, 0.29) is 17.2 Å². The minimum Gasteiger partial charge on any atom is -0.383 e. The molecule has 1 spiro atoms. The van der Waals surface area contributed by atoms with Crippen molar-refractivity contribution in [2.45, 2.75) is 32.6 Å². The Hall–Kier alpha value is -1.88. The lowest BCUT2D eigenvalue weighted by molar-refractivity contribution is -0.137. The molecule has 25 heavy (non-hydrogen) atoms.